The van der Waals surface area contributed by atoms with Crippen molar-refractivity contribution in [2.75, 3.05) is 13.7 Å². The fraction of sp³-hybridized carbons (Fsp3) is 0.167. The summed E-state index contributed by atoms with van der Waals surface area (Å²) >= 11 is 5.72. The van der Waals surface area contributed by atoms with Crippen LogP contribution in [0.5, 0.6) is 5.88 Å². The molecule has 0 saturated carbocycles. The fourth-order valence-corrected chi connectivity index (χ4v) is 4.68. The van der Waals surface area contributed by atoms with Crippen molar-refractivity contribution in [3.63, 3.8) is 0 Å². The molecular formula is C30H20ClF6N3O4. The van der Waals surface area contributed by atoms with Crippen molar-refractivity contribution < 1.29 is 45.7 Å². The fourth-order valence-electron chi connectivity index (χ4n) is 4.52. The van der Waals surface area contributed by atoms with E-state index in [4.69, 9.17) is 21.1 Å². The summed E-state index contributed by atoms with van der Waals surface area (Å²) in [6, 6.07) is 8.13. The molecule has 0 amide bonds. The lowest BCUT2D eigenvalue weighted by atomic mass is 10.0. The van der Waals surface area contributed by atoms with E-state index in [-0.39, 0.29) is 51.9 Å². The minimum atomic E-state index is -1.60. The van der Waals surface area contributed by atoms with Crippen LogP contribution in [-0.2, 0) is 24.3 Å². The van der Waals surface area contributed by atoms with E-state index in [0.29, 0.717) is 6.07 Å². The molecule has 0 radical (unpaired) electrons. The van der Waals surface area contributed by atoms with E-state index in [1.165, 1.54) is 23.8 Å². The number of fused-ring (bicyclic) bond motifs is 1. The van der Waals surface area contributed by atoms with Crippen LogP contribution in [0.2, 0.25) is 5.02 Å². The molecule has 14 heteroatoms. The predicted molar refractivity (Wildman–Crippen MR) is 147 cm³/mol. The number of imidazole rings is 1. The molecule has 3 aromatic carbocycles. The highest BCUT2D eigenvalue weighted by Gasteiger charge is 2.25. The molecular weight excluding hydrogens is 616 g/mol. The number of pyridine rings is 1. The van der Waals surface area contributed by atoms with Crippen molar-refractivity contribution in [2.24, 2.45) is 0 Å². The number of rotatable bonds is 10. The Morgan fingerprint density at radius 1 is 0.909 bits per heavy atom. The van der Waals surface area contributed by atoms with E-state index >= 15 is 13.2 Å². The third-order valence-corrected chi connectivity index (χ3v) is 6.95. The first-order valence-corrected chi connectivity index (χ1v) is 13.2. The molecule has 0 bridgehead atoms. The Balaban J connectivity index is 1.50. The largest absolute Gasteiger partial charge is 0.478 e. The van der Waals surface area contributed by atoms with Crippen molar-refractivity contribution in [2.45, 2.75) is 19.6 Å². The van der Waals surface area contributed by atoms with Crippen LogP contribution in [0, 0.1) is 34.9 Å². The molecule has 5 aromatic rings. The number of aromatic carboxylic acids is 1. The van der Waals surface area contributed by atoms with E-state index in [1.54, 1.807) is 0 Å². The Bertz CT molecular complexity index is 1920. The molecule has 0 aliphatic carbocycles. The maximum atomic E-state index is 15.4. The van der Waals surface area contributed by atoms with Crippen LogP contribution < -0.4 is 4.74 Å². The number of methoxy groups -OCH3 is 1. The third-order valence-electron chi connectivity index (χ3n) is 6.71. The summed E-state index contributed by atoms with van der Waals surface area (Å²) in [5.74, 6) is -9.18. The highest BCUT2D eigenvalue weighted by Crippen LogP contribution is 2.32. The Labute approximate surface area is 250 Å². The predicted octanol–water partition coefficient (Wildman–Crippen LogP) is 7.10. The summed E-state index contributed by atoms with van der Waals surface area (Å²) < 4.78 is 101. The van der Waals surface area contributed by atoms with Gasteiger partial charge in [0.05, 0.1) is 23.4 Å². The van der Waals surface area contributed by atoms with Gasteiger partial charge in [0.1, 0.15) is 29.6 Å². The molecule has 7 nitrogen and oxygen atoms in total. The molecule has 228 valence electrons. The molecule has 0 saturated heterocycles. The number of benzene rings is 3. The van der Waals surface area contributed by atoms with E-state index in [9.17, 15) is 23.1 Å². The van der Waals surface area contributed by atoms with Crippen LogP contribution in [0.15, 0.2) is 48.5 Å². The third kappa shape index (κ3) is 6.06. The van der Waals surface area contributed by atoms with Crippen molar-refractivity contribution in [3.8, 4) is 17.1 Å². The summed E-state index contributed by atoms with van der Waals surface area (Å²) in [5.41, 5.74) is -2.36. The molecule has 2 aromatic heterocycles. The number of carboxylic acid groups (broad SMARTS) is 1. The van der Waals surface area contributed by atoms with Crippen molar-refractivity contribution >= 4 is 28.6 Å². The van der Waals surface area contributed by atoms with Crippen LogP contribution in [0.1, 0.15) is 27.3 Å². The molecule has 44 heavy (non-hydrogen) atoms. The quantitative estimate of drug-likeness (QED) is 0.130. The summed E-state index contributed by atoms with van der Waals surface area (Å²) in [5, 5.41) is 9.45. The van der Waals surface area contributed by atoms with Crippen molar-refractivity contribution in [1.82, 2.24) is 14.5 Å². The standard InChI is InChI=1S/C30H20ClF6N3O4/c1-43-7-6-40-24-9-15(30(41)42)8-22(35)28(24)39-25(40)12-17-21(34)11-18(27(37)26(17)36)23-5-4-19(32)29(38-23)44-13-14-2-3-16(31)10-20(14)33/h2-5,8-11H,6-7,12-13H2,1H3,(H,41,42). The number of carbonyl (C=O) groups is 1. The number of carboxylic acids is 1. The molecule has 0 fully saturated rings. The second-order valence-corrected chi connectivity index (χ2v) is 9.94. The van der Waals surface area contributed by atoms with Gasteiger partial charge in [-0.1, -0.05) is 17.7 Å². The van der Waals surface area contributed by atoms with Gasteiger partial charge in [0, 0.05) is 41.8 Å². The zero-order chi connectivity index (χ0) is 31.7. The van der Waals surface area contributed by atoms with E-state index in [0.717, 1.165) is 30.3 Å². The highest BCUT2D eigenvalue weighted by molar-refractivity contribution is 6.30. The normalized spacial score (nSPS) is 11.4. The van der Waals surface area contributed by atoms with Gasteiger partial charge in [0.15, 0.2) is 23.3 Å². The Morgan fingerprint density at radius 3 is 2.39 bits per heavy atom. The first-order valence-electron chi connectivity index (χ1n) is 12.8. The van der Waals surface area contributed by atoms with Crippen LogP contribution in [0.25, 0.3) is 22.3 Å². The van der Waals surface area contributed by atoms with Crippen LogP contribution in [0.4, 0.5) is 26.3 Å². The van der Waals surface area contributed by atoms with Gasteiger partial charge >= 0.3 is 5.97 Å². The highest BCUT2D eigenvalue weighted by atomic mass is 35.5. The topological polar surface area (TPSA) is 86.5 Å². The van der Waals surface area contributed by atoms with Crippen molar-refractivity contribution in [1.29, 1.82) is 0 Å². The molecule has 0 aliphatic rings. The maximum absolute atomic E-state index is 15.4. The Morgan fingerprint density at radius 2 is 1.68 bits per heavy atom. The van der Waals surface area contributed by atoms with Crippen LogP contribution in [0.3, 0.4) is 0 Å². The summed E-state index contributed by atoms with van der Waals surface area (Å²) in [6.07, 6.45) is -0.646. The number of hydrogen-bond donors (Lipinski definition) is 1. The molecule has 0 aliphatic heterocycles. The second kappa shape index (κ2) is 12.5. The van der Waals surface area contributed by atoms with E-state index in [1.807, 2.05) is 0 Å². The van der Waals surface area contributed by atoms with Crippen LogP contribution >= 0.6 is 11.6 Å². The number of nitrogens with zero attached hydrogens (tertiary/aromatic N) is 3. The van der Waals surface area contributed by atoms with Gasteiger partial charge in [0.25, 0.3) is 5.88 Å². The first kappa shape index (κ1) is 30.8. The average molecular weight is 636 g/mol. The maximum Gasteiger partial charge on any atom is 0.335 e. The molecule has 1 N–H and O–H groups in total. The Hall–Kier alpha value is -4.62. The summed E-state index contributed by atoms with van der Waals surface area (Å²) in [7, 11) is 1.38. The number of ether oxygens (including phenoxy) is 2. The lowest BCUT2D eigenvalue weighted by molar-refractivity contribution is 0.0696. The SMILES string of the molecule is COCCn1c(Cc2c(F)cc(-c3ccc(F)c(OCc4ccc(Cl)cc4F)n3)c(F)c2F)nc2c(F)cc(C(=O)O)cc21. The Kier molecular flexibility index (Phi) is 8.79. The second-order valence-electron chi connectivity index (χ2n) is 9.50. The monoisotopic (exact) mass is 635 g/mol. The number of halogens is 7. The van der Waals surface area contributed by atoms with Crippen LogP contribution in [-0.4, -0.2) is 39.3 Å². The average Bonchev–Trinajstić information content (AvgIpc) is 3.33. The number of aromatic nitrogens is 3. The van der Waals surface area contributed by atoms with E-state index in [2.05, 4.69) is 9.97 Å². The minimum absolute atomic E-state index is 0.0108. The first-order chi connectivity index (χ1) is 21.0. The van der Waals surface area contributed by atoms with Gasteiger partial charge in [-0.3, -0.25) is 0 Å². The zero-order valence-electron chi connectivity index (χ0n) is 22.6. The lowest BCUT2D eigenvalue weighted by Gasteiger charge is -2.13. The molecule has 0 atom stereocenters. The molecule has 0 spiro atoms. The zero-order valence-corrected chi connectivity index (χ0v) is 23.4. The van der Waals surface area contributed by atoms with Gasteiger partial charge < -0.3 is 19.1 Å². The molecule has 2 heterocycles. The summed E-state index contributed by atoms with van der Waals surface area (Å²) in [6.45, 7) is -0.406. The van der Waals surface area contributed by atoms with E-state index < -0.39 is 70.9 Å². The smallest absolute Gasteiger partial charge is 0.335 e. The van der Waals surface area contributed by atoms with Crippen molar-refractivity contribution in [3.05, 3.63) is 111 Å². The minimum Gasteiger partial charge on any atom is -0.478 e. The van der Waals surface area contributed by atoms with Gasteiger partial charge in [-0.25, -0.2) is 41.1 Å². The van der Waals surface area contributed by atoms with Gasteiger partial charge in [-0.15, -0.1) is 0 Å². The van der Waals surface area contributed by atoms with Gasteiger partial charge in [-0.2, -0.15) is 0 Å². The summed E-state index contributed by atoms with van der Waals surface area (Å²) in [4.78, 5) is 19.4. The molecule has 5 rings (SSSR count). The van der Waals surface area contributed by atoms with Gasteiger partial charge in [-0.05, 0) is 42.5 Å². The number of hydrogen-bond acceptors (Lipinski definition) is 5. The molecule has 0 unspecified atom stereocenters. The lowest BCUT2D eigenvalue weighted by Crippen LogP contribution is -2.11. The van der Waals surface area contributed by atoms with Gasteiger partial charge in [0.2, 0.25) is 0 Å².